The van der Waals surface area contributed by atoms with Crippen molar-refractivity contribution in [1.82, 2.24) is 5.32 Å². The van der Waals surface area contributed by atoms with Crippen LogP contribution in [0.4, 0.5) is 5.69 Å². The van der Waals surface area contributed by atoms with Crippen molar-refractivity contribution in [2.24, 2.45) is 0 Å². The molecule has 0 bridgehead atoms. The van der Waals surface area contributed by atoms with Crippen molar-refractivity contribution in [3.8, 4) is 0 Å². The van der Waals surface area contributed by atoms with Gasteiger partial charge in [0.2, 0.25) is 5.91 Å². The normalized spacial score (nSPS) is 10.2. The van der Waals surface area contributed by atoms with Crippen molar-refractivity contribution in [2.75, 3.05) is 11.9 Å². The maximum Gasteiger partial charge on any atom is 0.239 e. The Hall–Kier alpha value is -2.29. The molecule has 2 aromatic rings. The maximum absolute atomic E-state index is 11.9. The molecule has 1 amide bonds. The van der Waals surface area contributed by atoms with Crippen LogP contribution < -0.4 is 10.6 Å². The van der Waals surface area contributed by atoms with Crippen LogP contribution in [0, 0.1) is 20.8 Å². The lowest BCUT2D eigenvalue weighted by Gasteiger charge is -2.14. The Morgan fingerprint density at radius 2 is 1.62 bits per heavy atom. The minimum absolute atomic E-state index is 0.00164. The summed E-state index contributed by atoms with van der Waals surface area (Å²) in [4.78, 5) is 11.9. The van der Waals surface area contributed by atoms with Crippen molar-refractivity contribution < 1.29 is 4.79 Å². The summed E-state index contributed by atoms with van der Waals surface area (Å²) in [6.45, 7) is 7.05. The highest BCUT2D eigenvalue weighted by molar-refractivity contribution is 5.81. The first-order valence-electron chi connectivity index (χ1n) is 7.18. The fraction of sp³-hybridized carbons (Fsp3) is 0.278. The average Bonchev–Trinajstić information content (AvgIpc) is 2.45. The molecule has 0 aliphatic carbocycles. The third-order valence-corrected chi connectivity index (χ3v) is 3.44. The topological polar surface area (TPSA) is 41.1 Å². The van der Waals surface area contributed by atoms with Crippen LogP contribution in [-0.4, -0.2) is 12.5 Å². The summed E-state index contributed by atoms with van der Waals surface area (Å²) < 4.78 is 0. The first-order chi connectivity index (χ1) is 10.1. The van der Waals surface area contributed by atoms with Crippen molar-refractivity contribution in [2.45, 2.75) is 27.3 Å². The molecule has 0 atom stereocenters. The van der Waals surface area contributed by atoms with E-state index in [0.29, 0.717) is 6.54 Å². The molecule has 0 aromatic heterocycles. The summed E-state index contributed by atoms with van der Waals surface area (Å²) in [7, 11) is 0. The Morgan fingerprint density at radius 1 is 1.00 bits per heavy atom. The smallest absolute Gasteiger partial charge is 0.239 e. The second-order valence-corrected chi connectivity index (χ2v) is 5.39. The molecule has 0 heterocycles. The van der Waals surface area contributed by atoms with E-state index in [1.54, 1.807) is 0 Å². The molecular weight excluding hydrogens is 260 g/mol. The van der Waals surface area contributed by atoms with Crippen LogP contribution in [-0.2, 0) is 11.3 Å². The van der Waals surface area contributed by atoms with E-state index in [1.165, 1.54) is 16.7 Å². The number of benzene rings is 2. The van der Waals surface area contributed by atoms with Gasteiger partial charge in [0.25, 0.3) is 0 Å². The number of amides is 1. The number of hydrogen-bond acceptors (Lipinski definition) is 2. The summed E-state index contributed by atoms with van der Waals surface area (Å²) >= 11 is 0. The van der Waals surface area contributed by atoms with Gasteiger partial charge in [-0.2, -0.15) is 0 Å². The quantitative estimate of drug-likeness (QED) is 0.883. The van der Waals surface area contributed by atoms with Gasteiger partial charge in [0.1, 0.15) is 0 Å². The Balaban J connectivity index is 1.87. The highest BCUT2D eigenvalue weighted by Crippen LogP contribution is 2.21. The Labute approximate surface area is 126 Å². The van der Waals surface area contributed by atoms with Gasteiger partial charge in [0.15, 0.2) is 0 Å². The van der Waals surface area contributed by atoms with Gasteiger partial charge >= 0.3 is 0 Å². The fourth-order valence-electron chi connectivity index (χ4n) is 2.49. The summed E-state index contributed by atoms with van der Waals surface area (Å²) in [6, 6.07) is 14.2. The first kappa shape index (κ1) is 15.1. The molecule has 3 nitrogen and oxygen atoms in total. The highest BCUT2D eigenvalue weighted by atomic mass is 16.1. The minimum atomic E-state index is -0.00164. The summed E-state index contributed by atoms with van der Waals surface area (Å²) in [6.07, 6.45) is 0. The molecule has 110 valence electrons. The van der Waals surface area contributed by atoms with Crippen LogP contribution in [0.3, 0.4) is 0 Å². The molecule has 0 saturated heterocycles. The van der Waals surface area contributed by atoms with E-state index in [2.05, 4.69) is 43.5 Å². The summed E-state index contributed by atoms with van der Waals surface area (Å²) in [5, 5.41) is 6.15. The third-order valence-electron chi connectivity index (χ3n) is 3.44. The predicted molar refractivity (Wildman–Crippen MR) is 87.4 cm³/mol. The van der Waals surface area contributed by atoms with Crippen molar-refractivity contribution in [3.63, 3.8) is 0 Å². The van der Waals surface area contributed by atoms with E-state index >= 15 is 0 Å². The molecule has 21 heavy (non-hydrogen) atoms. The number of carbonyl (C=O) groups excluding carboxylic acids is 1. The third kappa shape index (κ3) is 4.35. The number of hydrogen-bond donors (Lipinski definition) is 2. The van der Waals surface area contributed by atoms with E-state index in [0.717, 1.165) is 11.3 Å². The lowest BCUT2D eigenvalue weighted by molar-refractivity contribution is -0.119. The fourth-order valence-corrected chi connectivity index (χ4v) is 2.49. The number of aryl methyl sites for hydroxylation is 3. The van der Waals surface area contributed by atoms with Gasteiger partial charge in [0, 0.05) is 12.2 Å². The van der Waals surface area contributed by atoms with Gasteiger partial charge in [-0.3, -0.25) is 4.79 Å². The monoisotopic (exact) mass is 282 g/mol. The summed E-state index contributed by atoms with van der Waals surface area (Å²) in [5.74, 6) is -0.00164. The molecule has 2 rings (SSSR count). The largest absolute Gasteiger partial charge is 0.376 e. The molecular formula is C18H22N2O. The number of anilines is 1. The molecule has 2 N–H and O–H groups in total. The molecule has 0 aliphatic rings. The van der Waals surface area contributed by atoms with Crippen LogP contribution in [0.2, 0.25) is 0 Å². The number of nitrogens with one attached hydrogen (secondary N) is 2. The Bertz CT molecular complexity index is 597. The lowest BCUT2D eigenvalue weighted by atomic mass is 10.1. The molecule has 0 spiro atoms. The van der Waals surface area contributed by atoms with Gasteiger partial charge in [-0.05, 0) is 37.5 Å². The zero-order valence-corrected chi connectivity index (χ0v) is 12.9. The van der Waals surface area contributed by atoms with Gasteiger partial charge in [-0.15, -0.1) is 0 Å². The predicted octanol–water partition coefficient (Wildman–Crippen LogP) is 3.34. The van der Waals surface area contributed by atoms with Gasteiger partial charge in [0.05, 0.1) is 6.54 Å². The van der Waals surface area contributed by atoms with Gasteiger partial charge < -0.3 is 10.6 Å². The Morgan fingerprint density at radius 3 is 2.24 bits per heavy atom. The van der Waals surface area contributed by atoms with Crippen LogP contribution in [0.5, 0.6) is 0 Å². The van der Waals surface area contributed by atoms with Crippen LogP contribution in [0.1, 0.15) is 22.3 Å². The molecule has 0 radical (unpaired) electrons. The van der Waals surface area contributed by atoms with Gasteiger partial charge in [-0.1, -0.05) is 48.0 Å². The van der Waals surface area contributed by atoms with E-state index in [1.807, 2.05) is 30.3 Å². The standard InChI is InChI=1S/C18H22N2O/c1-13-9-14(2)18(15(3)10-13)20-12-17(21)19-11-16-7-5-4-6-8-16/h4-10,20H,11-12H2,1-3H3,(H,19,21). The first-order valence-corrected chi connectivity index (χ1v) is 7.18. The molecule has 3 heteroatoms. The lowest BCUT2D eigenvalue weighted by Crippen LogP contribution is -2.29. The van der Waals surface area contributed by atoms with Crippen LogP contribution >= 0.6 is 0 Å². The number of carbonyl (C=O) groups is 1. The SMILES string of the molecule is Cc1cc(C)c(NCC(=O)NCc2ccccc2)c(C)c1. The second kappa shape index (κ2) is 6.93. The molecule has 2 aromatic carbocycles. The molecule has 0 unspecified atom stereocenters. The molecule has 0 saturated carbocycles. The molecule has 0 aliphatic heterocycles. The average molecular weight is 282 g/mol. The van der Waals surface area contributed by atoms with Crippen LogP contribution in [0.15, 0.2) is 42.5 Å². The van der Waals surface area contributed by atoms with E-state index in [4.69, 9.17) is 0 Å². The number of rotatable bonds is 5. The van der Waals surface area contributed by atoms with Crippen molar-refractivity contribution >= 4 is 11.6 Å². The van der Waals surface area contributed by atoms with Crippen molar-refractivity contribution in [1.29, 1.82) is 0 Å². The highest BCUT2D eigenvalue weighted by Gasteiger charge is 2.06. The minimum Gasteiger partial charge on any atom is -0.376 e. The second-order valence-electron chi connectivity index (χ2n) is 5.39. The van der Waals surface area contributed by atoms with Crippen molar-refractivity contribution in [3.05, 3.63) is 64.7 Å². The summed E-state index contributed by atoms with van der Waals surface area (Å²) in [5.41, 5.74) is 5.74. The zero-order valence-electron chi connectivity index (χ0n) is 12.9. The van der Waals surface area contributed by atoms with E-state index < -0.39 is 0 Å². The van der Waals surface area contributed by atoms with Crippen LogP contribution in [0.25, 0.3) is 0 Å². The maximum atomic E-state index is 11.9. The molecule has 0 fully saturated rings. The van der Waals surface area contributed by atoms with E-state index in [9.17, 15) is 4.79 Å². The Kier molecular flexibility index (Phi) is 4.99. The zero-order chi connectivity index (χ0) is 15.2. The van der Waals surface area contributed by atoms with E-state index in [-0.39, 0.29) is 12.5 Å². The van der Waals surface area contributed by atoms with Gasteiger partial charge in [-0.25, -0.2) is 0 Å².